The second-order valence-electron chi connectivity index (χ2n) is 8.18. The third-order valence-electron chi connectivity index (χ3n) is 5.58. The van der Waals surface area contributed by atoms with Crippen LogP contribution in [0.3, 0.4) is 0 Å². The van der Waals surface area contributed by atoms with Crippen molar-refractivity contribution in [3.8, 4) is 0 Å². The van der Waals surface area contributed by atoms with Crippen LogP contribution in [0.5, 0.6) is 0 Å². The highest BCUT2D eigenvalue weighted by molar-refractivity contribution is 8.00. The van der Waals surface area contributed by atoms with Gasteiger partial charge in [0.15, 0.2) is 5.16 Å². The Morgan fingerprint density at radius 1 is 1.03 bits per heavy atom. The molecule has 1 unspecified atom stereocenters. The number of carbonyl (C=O) groups excluding carboxylic acids is 1. The van der Waals surface area contributed by atoms with Crippen molar-refractivity contribution in [1.29, 1.82) is 0 Å². The number of para-hydroxylation sites is 1. The Morgan fingerprint density at radius 2 is 1.74 bits per heavy atom. The minimum Gasteiger partial charge on any atom is -0.382 e. The van der Waals surface area contributed by atoms with Gasteiger partial charge in [0.05, 0.1) is 10.9 Å². The van der Waals surface area contributed by atoms with Gasteiger partial charge in [-0.2, -0.15) is 0 Å². The summed E-state index contributed by atoms with van der Waals surface area (Å²) in [7, 11) is 0. The molecule has 1 aromatic heterocycles. The maximum atomic E-state index is 13.5. The number of hydrogen-bond acceptors (Lipinski definition) is 5. The number of anilines is 1. The second-order valence-corrected chi connectivity index (χ2v) is 9.25. The third-order valence-corrected chi connectivity index (χ3v) is 6.83. The molecular weight excluding hydrogens is 458 g/mol. The molecule has 1 atom stereocenters. The lowest BCUT2D eigenvalue weighted by Crippen LogP contribution is -2.26. The fourth-order valence-electron chi connectivity index (χ4n) is 3.75. The molecule has 0 radical (unpaired) electrons. The number of ether oxygens (including phenoxy) is 1. The second kappa shape index (κ2) is 11.8. The van der Waals surface area contributed by atoms with Crippen LogP contribution >= 0.6 is 11.8 Å². The van der Waals surface area contributed by atoms with Crippen LogP contribution in [0.2, 0.25) is 0 Å². The first kappa shape index (κ1) is 24.7. The van der Waals surface area contributed by atoms with Gasteiger partial charge in [-0.3, -0.25) is 14.2 Å². The summed E-state index contributed by atoms with van der Waals surface area (Å²) in [5.74, 6) is -0.173. The molecule has 0 saturated heterocycles. The van der Waals surface area contributed by atoms with Crippen LogP contribution in [-0.4, -0.2) is 28.7 Å². The highest BCUT2D eigenvalue weighted by atomic mass is 32.2. The predicted molar refractivity (Wildman–Crippen MR) is 142 cm³/mol. The lowest BCUT2D eigenvalue weighted by atomic mass is 10.1. The van der Waals surface area contributed by atoms with Gasteiger partial charge in [0.2, 0.25) is 5.91 Å². The Bertz CT molecular complexity index is 1340. The highest BCUT2D eigenvalue weighted by Gasteiger charge is 2.25. The van der Waals surface area contributed by atoms with Crippen molar-refractivity contribution in [2.75, 3.05) is 18.5 Å². The molecule has 1 N–H and O–H groups in total. The van der Waals surface area contributed by atoms with Gasteiger partial charge in [-0.05, 0) is 50.1 Å². The maximum Gasteiger partial charge on any atom is 0.262 e. The van der Waals surface area contributed by atoms with Gasteiger partial charge in [0.25, 0.3) is 5.56 Å². The minimum atomic E-state index is -0.594. The molecule has 0 aliphatic rings. The van der Waals surface area contributed by atoms with E-state index in [-0.39, 0.29) is 11.5 Å². The van der Waals surface area contributed by atoms with E-state index >= 15 is 0 Å². The molecule has 35 heavy (non-hydrogen) atoms. The number of amides is 1. The molecule has 3 aromatic carbocycles. The molecule has 6 nitrogen and oxygen atoms in total. The van der Waals surface area contributed by atoms with E-state index in [4.69, 9.17) is 9.72 Å². The van der Waals surface area contributed by atoms with Gasteiger partial charge < -0.3 is 10.1 Å². The summed E-state index contributed by atoms with van der Waals surface area (Å²) in [4.78, 5) is 31.7. The van der Waals surface area contributed by atoms with E-state index in [9.17, 15) is 9.59 Å². The van der Waals surface area contributed by atoms with Crippen molar-refractivity contribution in [2.45, 2.75) is 37.2 Å². The zero-order chi connectivity index (χ0) is 24.6. The van der Waals surface area contributed by atoms with Crippen LogP contribution in [0.4, 0.5) is 5.69 Å². The number of nitrogens with one attached hydrogen (secondary N) is 1. The SMILES string of the molecule is CCOCCCn1c(SC(C(=O)Nc2ccc(C)cc2)c2ccccc2)nc2ccccc2c1=O. The van der Waals surface area contributed by atoms with Crippen LogP contribution in [0.1, 0.15) is 29.7 Å². The van der Waals surface area contributed by atoms with Crippen molar-refractivity contribution < 1.29 is 9.53 Å². The average molecular weight is 488 g/mol. The fraction of sp³-hybridized carbons (Fsp3) is 0.250. The van der Waals surface area contributed by atoms with Crippen LogP contribution in [0.25, 0.3) is 10.9 Å². The molecule has 0 spiro atoms. The van der Waals surface area contributed by atoms with Crippen LogP contribution in [0.15, 0.2) is 88.8 Å². The zero-order valence-corrected chi connectivity index (χ0v) is 20.8. The number of hydrogen-bond donors (Lipinski definition) is 1. The molecule has 7 heteroatoms. The highest BCUT2D eigenvalue weighted by Crippen LogP contribution is 2.35. The summed E-state index contributed by atoms with van der Waals surface area (Å²) in [6.45, 7) is 5.59. The first-order chi connectivity index (χ1) is 17.1. The van der Waals surface area contributed by atoms with E-state index in [1.807, 2.05) is 86.6 Å². The quantitative estimate of drug-likeness (QED) is 0.179. The number of thioether (sulfide) groups is 1. The van der Waals surface area contributed by atoms with Crippen molar-refractivity contribution in [3.05, 3.63) is 100 Å². The Kier molecular flexibility index (Phi) is 8.34. The van der Waals surface area contributed by atoms with Gasteiger partial charge >= 0.3 is 0 Å². The Hall–Kier alpha value is -3.42. The van der Waals surface area contributed by atoms with Gasteiger partial charge in [-0.15, -0.1) is 0 Å². The van der Waals surface area contributed by atoms with Gasteiger partial charge in [-0.25, -0.2) is 4.98 Å². The van der Waals surface area contributed by atoms with Crippen molar-refractivity contribution >= 4 is 34.3 Å². The Balaban J connectivity index is 1.71. The van der Waals surface area contributed by atoms with Crippen molar-refractivity contribution in [3.63, 3.8) is 0 Å². The monoisotopic (exact) mass is 487 g/mol. The number of benzene rings is 3. The van der Waals surface area contributed by atoms with Crippen LogP contribution < -0.4 is 10.9 Å². The molecule has 0 bridgehead atoms. The first-order valence-electron chi connectivity index (χ1n) is 11.7. The largest absolute Gasteiger partial charge is 0.382 e. The molecule has 0 aliphatic heterocycles. The summed E-state index contributed by atoms with van der Waals surface area (Å²) >= 11 is 1.29. The van der Waals surface area contributed by atoms with Gasteiger partial charge in [0, 0.05) is 25.4 Å². The fourth-order valence-corrected chi connectivity index (χ4v) is 4.88. The average Bonchev–Trinajstić information content (AvgIpc) is 2.88. The number of aromatic nitrogens is 2. The number of rotatable bonds is 10. The van der Waals surface area contributed by atoms with Crippen LogP contribution in [0, 0.1) is 6.92 Å². The molecule has 180 valence electrons. The topological polar surface area (TPSA) is 73.2 Å². The number of aryl methyl sites for hydroxylation is 1. The minimum absolute atomic E-state index is 0.111. The number of fused-ring (bicyclic) bond motifs is 1. The van der Waals surface area contributed by atoms with Crippen LogP contribution in [-0.2, 0) is 16.1 Å². The molecule has 0 fully saturated rings. The molecule has 1 amide bonds. The summed E-state index contributed by atoms with van der Waals surface area (Å²) in [6, 6.07) is 24.6. The van der Waals surface area contributed by atoms with E-state index < -0.39 is 5.25 Å². The Morgan fingerprint density at radius 3 is 2.49 bits per heavy atom. The van der Waals surface area contributed by atoms with Gasteiger partial charge in [0.1, 0.15) is 5.25 Å². The molecule has 1 heterocycles. The number of carbonyl (C=O) groups is 1. The smallest absolute Gasteiger partial charge is 0.262 e. The summed E-state index contributed by atoms with van der Waals surface area (Å²) in [6.07, 6.45) is 0.674. The molecular formula is C28H29N3O3S. The van der Waals surface area contributed by atoms with E-state index in [0.717, 1.165) is 16.8 Å². The lowest BCUT2D eigenvalue weighted by Gasteiger charge is -2.19. The zero-order valence-electron chi connectivity index (χ0n) is 19.9. The summed E-state index contributed by atoms with van der Waals surface area (Å²) in [5.41, 5.74) is 3.19. The first-order valence-corrected chi connectivity index (χ1v) is 12.6. The van der Waals surface area contributed by atoms with E-state index in [1.165, 1.54) is 11.8 Å². The maximum absolute atomic E-state index is 13.5. The normalized spacial score (nSPS) is 11.9. The molecule has 0 aliphatic carbocycles. The summed E-state index contributed by atoms with van der Waals surface area (Å²) < 4.78 is 7.15. The van der Waals surface area contributed by atoms with E-state index in [0.29, 0.717) is 42.2 Å². The van der Waals surface area contributed by atoms with Crippen molar-refractivity contribution in [1.82, 2.24) is 9.55 Å². The standard InChI is InChI=1S/C28H29N3O3S/c1-3-34-19-9-18-31-27(33)23-12-7-8-13-24(23)30-28(31)35-25(21-10-5-4-6-11-21)26(32)29-22-16-14-20(2)15-17-22/h4-8,10-17,25H,3,9,18-19H2,1-2H3,(H,29,32). The van der Waals surface area contributed by atoms with Gasteiger partial charge in [-0.1, -0.05) is 71.9 Å². The molecule has 4 rings (SSSR count). The number of nitrogens with zero attached hydrogens (tertiary/aromatic N) is 2. The van der Waals surface area contributed by atoms with E-state index in [1.54, 1.807) is 10.6 Å². The predicted octanol–water partition coefficient (Wildman–Crippen LogP) is 5.60. The Labute approximate surface area is 209 Å². The molecule has 4 aromatic rings. The summed E-state index contributed by atoms with van der Waals surface area (Å²) in [5, 5.41) is 3.51. The van der Waals surface area contributed by atoms with Crippen molar-refractivity contribution in [2.24, 2.45) is 0 Å². The lowest BCUT2D eigenvalue weighted by molar-refractivity contribution is -0.115. The molecule has 0 saturated carbocycles. The third kappa shape index (κ3) is 6.18. The van der Waals surface area contributed by atoms with E-state index in [2.05, 4.69) is 5.32 Å².